The normalized spacial score (nSPS) is 14.2. The van der Waals surface area contributed by atoms with Crippen LogP contribution in [0.25, 0.3) is 0 Å². The van der Waals surface area contributed by atoms with Crippen LogP contribution in [0.5, 0.6) is 17.2 Å². The average Bonchev–Trinajstić information content (AvgIpc) is 2.93. The van der Waals surface area contributed by atoms with Gasteiger partial charge >= 0.3 is 0 Å². The molecule has 2 N–H and O–H groups in total. The summed E-state index contributed by atoms with van der Waals surface area (Å²) in [6.45, 7) is 4.37. The molecular weight excluding hydrogens is 488 g/mol. The minimum atomic E-state index is -0.315. The van der Waals surface area contributed by atoms with Crippen LogP contribution >= 0.6 is 24.0 Å². The lowest BCUT2D eigenvalue weighted by molar-refractivity contribution is 0.223. The number of hydrogen-bond acceptors (Lipinski definition) is 4. The van der Waals surface area contributed by atoms with Crippen molar-refractivity contribution in [3.8, 4) is 17.2 Å². The highest BCUT2D eigenvalue weighted by Gasteiger charge is 2.11. The standard InChI is InChI=1S/C21H26FN3O3.HI/c1-15(28-18-6-3-5-17(22)12-18)13-24-21(23-2)25-14-16-7-8-19-20(11-16)27-10-4-9-26-19;/h3,5-8,11-12,15H,4,9-10,13-14H2,1-2H3,(H2,23,24,25);1H. The summed E-state index contributed by atoms with van der Waals surface area (Å²) >= 11 is 0. The van der Waals surface area contributed by atoms with E-state index < -0.39 is 0 Å². The highest BCUT2D eigenvalue weighted by molar-refractivity contribution is 14.0. The van der Waals surface area contributed by atoms with Crippen molar-refractivity contribution >= 4 is 29.9 Å². The van der Waals surface area contributed by atoms with E-state index in [1.807, 2.05) is 25.1 Å². The molecule has 2 aromatic carbocycles. The predicted octanol–water partition coefficient (Wildman–Crippen LogP) is 3.74. The third-order valence-electron chi connectivity index (χ3n) is 4.19. The summed E-state index contributed by atoms with van der Waals surface area (Å²) < 4.78 is 30.3. The molecule has 1 aliphatic heterocycles. The van der Waals surface area contributed by atoms with E-state index in [1.54, 1.807) is 19.2 Å². The van der Waals surface area contributed by atoms with Crippen LogP contribution in [0.2, 0.25) is 0 Å². The minimum Gasteiger partial charge on any atom is -0.490 e. The number of aliphatic imine (C=N–C) groups is 1. The van der Waals surface area contributed by atoms with Gasteiger partial charge in [-0.15, -0.1) is 24.0 Å². The van der Waals surface area contributed by atoms with Crippen LogP contribution in [0.3, 0.4) is 0 Å². The number of ether oxygens (including phenoxy) is 3. The van der Waals surface area contributed by atoms with E-state index in [2.05, 4.69) is 15.6 Å². The van der Waals surface area contributed by atoms with Crippen molar-refractivity contribution in [2.45, 2.75) is 26.0 Å². The molecule has 8 heteroatoms. The van der Waals surface area contributed by atoms with Crippen molar-refractivity contribution in [3.05, 3.63) is 53.8 Å². The average molecular weight is 515 g/mol. The van der Waals surface area contributed by atoms with Gasteiger partial charge in [-0.25, -0.2) is 4.39 Å². The van der Waals surface area contributed by atoms with Crippen molar-refractivity contribution in [2.75, 3.05) is 26.8 Å². The Kier molecular flexibility index (Phi) is 9.30. The largest absolute Gasteiger partial charge is 0.490 e. The molecule has 0 spiro atoms. The van der Waals surface area contributed by atoms with Gasteiger partial charge in [-0.2, -0.15) is 0 Å². The number of fused-ring (bicyclic) bond motifs is 1. The summed E-state index contributed by atoms with van der Waals surface area (Å²) in [5.41, 5.74) is 1.07. The van der Waals surface area contributed by atoms with E-state index in [0.29, 0.717) is 38.0 Å². The van der Waals surface area contributed by atoms with E-state index in [0.717, 1.165) is 23.5 Å². The fraction of sp³-hybridized carbons (Fsp3) is 0.381. The predicted molar refractivity (Wildman–Crippen MR) is 122 cm³/mol. The molecular formula is C21H27FIN3O3. The van der Waals surface area contributed by atoms with Crippen molar-refractivity contribution < 1.29 is 18.6 Å². The molecule has 29 heavy (non-hydrogen) atoms. The lowest BCUT2D eigenvalue weighted by atomic mass is 10.2. The molecule has 1 unspecified atom stereocenters. The Balaban J connectivity index is 0.00000300. The first kappa shape index (κ1) is 23.1. The van der Waals surface area contributed by atoms with Crippen LogP contribution in [-0.4, -0.2) is 38.9 Å². The van der Waals surface area contributed by atoms with Gasteiger partial charge in [0, 0.05) is 26.1 Å². The molecule has 0 saturated carbocycles. The first-order valence-electron chi connectivity index (χ1n) is 9.39. The first-order chi connectivity index (χ1) is 13.6. The van der Waals surface area contributed by atoms with Gasteiger partial charge in [0.25, 0.3) is 0 Å². The SMILES string of the molecule is CN=C(NCc1ccc2c(c1)OCCCO2)NCC(C)Oc1cccc(F)c1.I. The molecule has 3 rings (SSSR count). The number of hydrogen-bond donors (Lipinski definition) is 2. The quantitative estimate of drug-likeness (QED) is 0.349. The van der Waals surface area contributed by atoms with Crippen LogP contribution in [0.15, 0.2) is 47.5 Å². The zero-order chi connectivity index (χ0) is 19.8. The molecule has 1 atom stereocenters. The topological polar surface area (TPSA) is 64.1 Å². The number of nitrogens with zero attached hydrogens (tertiary/aromatic N) is 1. The first-order valence-corrected chi connectivity index (χ1v) is 9.39. The number of guanidine groups is 1. The summed E-state index contributed by atoms with van der Waals surface area (Å²) in [6, 6.07) is 12.0. The number of halogens is 2. The molecule has 0 aromatic heterocycles. The fourth-order valence-corrected chi connectivity index (χ4v) is 2.78. The Morgan fingerprint density at radius 2 is 1.93 bits per heavy atom. The Bertz CT molecular complexity index is 820. The van der Waals surface area contributed by atoms with E-state index in [1.165, 1.54) is 12.1 Å². The molecule has 0 amide bonds. The van der Waals surface area contributed by atoms with Crippen molar-refractivity contribution in [2.24, 2.45) is 4.99 Å². The van der Waals surface area contributed by atoms with Gasteiger partial charge < -0.3 is 24.8 Å². The van der Waals surface area contributed by atoms with Crippen LogP contribution in [0.4, 0.5) is 4.39 Å². The maximum Gasteiger partial charge on any atom is 0.191 e. The molecule has 0 radical (unpaired) electrons. The summed E-state index contributed by atoms with van der Waals surface area (Å²) in [4.78, 5) is 4.22. The van der Waals surface area contributed by atoms with Gasteiger partial charge in [-0.05, 0) is 36.8 Å². The maximum absolute atomic E-state index is 13.2. The zero-order valence-corrected chi connectivity index (χ0v) is 18.9. The van der Waals surface area contributed by atoms with Crippen molar-refractivity contribution in [1.29, 1.82) is 0 Å². The number of nitrogens with one attached hydrogen (secondary N) is 2. The highest BCUT2D eigenvalue weighted by atomic mass is 127. The van der Waals surface area contributed by atoms with E-state index in [4.69, 9.17) is 14.2 Å². The minimum absolute atomic E-state index is 0. The van der Waals surface area contributed by atoms with Crippen LogP contribution in [0, 0.1) is 5.82 Å². The zero-order valence-electron chi connectivity index (χ0n) is 16.6. The molecule has 0 bridgehead atoms. The van der Waals surface area contributed by atoms with E-state index >= 15 is 0 Å². The third-order valence-corrected chi connectivity index (χ3v) is 4.19. The van der Waals surface area contributed by atoms with Gasteiger partial charge in [-0.3, -0.25) is 4.99 Å². The van der Waals surface area contributed by atoms with Gasteiger partial charge in [0.15, 0.2) is 17.5 Å². The van der Waals surface area contributed by atoms with E-state index in [-0.39, 0.29) is 35.9 Å². The molecule has 158 valence electrons. The second-order valence-electron chi connectivity index (χ2n) is 6.52. The van der Waals surface area contributed by atoms with Crippen LogP contribution in [0.1, 0.15) is 18.9 Å². The van der Waals surface area contributed by atoms with Gasteiger partial charge in [0.1, 0.15) is 17.7 Å². The third kappa shape index (κ3) is 7.26. The molecule has 6 nitrogen and oxygen atoms in total. The number of rotatable bonds is 6. The lowest BCUT2D eigenvalue weighted by Gasteiger charge is -2.18. The second-order valence-corrected chi connectivity index (χ2v) is 6.52. The summed E-state index contributed by atoms with van der Waals surface area (Å²) in [5.74, 6) is 2.40. The smallest absolute Gasteiger partial charge is 0.191 e. The summed E-state index contributed by atoms with van der Waals surface area (Å²) in [7, 11) is 1.71. The molecule has 0 fully saturated rings. The Morgan fingerprint density at radius 3 is 2.69 bits per heavy atom. The lowest BCUT2D eigenvalue weighted by Crippen LogP contribution is -2.41. The van der Waals surface area contributed by atoms with Gasteiger partial charge in [0.05, 0.1) is 19.8 Å². The highest BCUT2D eigenvalue weighted by Crippen LogP contribution is 2.30. The van der Waals surface area contributed by atoms with E-state index in [9.17, 15) is 4.39 Å². The Labute approximate surface area is 187 Å². The van der Waals surface area contributed by atoms with Crippen LogP contribution in [-0.2, 0) is 6.54 Å². The second kappa shape index (κ2) is 11.7. The molecule has 0 aliphatic carbocycles. The van der Waals surface area contributed by atoms with Crippen molar-refractivity contribution in [3.63, 3.8) is 0 Å². The summed E-state index contributed by atoms with van der Waals surface area (Å²) in [6.07, 6.45) is 0.729. The Morgan fingerprint density at radius 1 is 1.14 bits per heavy atom. The molecule has 0 saturated heterocycles. The molecule has 1 aliphatic rings. The summed E-state index contributed by atoms with van der Waals surface area (Å²) in [5, 5.41) is 6.47. The Hall–Kier alpha value is -2.23. The van der Waals surface area contributed by atoms with Gasteiger partial charge in [-0.1, -0.05) is 12.1 Å². The fourth-order valence-electron chi connectivity index (χ4n) is 2.78. The molecule has 1 heterocycles. The molecule has 2 aromatic rings. The monoisotopic (exact) mass is 515 g/mol. The van der Waals surface area contributed by atoms with Crippen molar-refractivity contribution in [1.82, 2.24) is 10.6 Å². The maximum atomic E-state index is 13.2. The van der Waals surface area contributed by atoms with Gasteiger partial charge in [0.2, 0.25) is 0 Å². The number of benzene rings is 2. The van der Waals surface area contributed by atoms with Crippen LogP contribution < -0.4 is 24.8 Å².